The number of hydrogen-bond donors (Lipinski definition) is 1. The molecular formula is C18H10N2O7S2. The number of imide groups is 1. The predicted octanol–water partition coefficient (Wildman–Crippen LogP) is 2.97. The van der Waals surface area contributed by atoms with Gasteiger partial charge in [0.2, 0.25) is 0 Å². The van der Waals surface area contributed by atoms with Crippen LogP contribution in [0.3, 0.4) is 0 Å². The Balaban J connectivity index is 1.76. The average molecular weight is 430 g/mol. The minimum absolute atomic E-state index is 0.0677. The minimum Gasteiger partial charge on any atom is -0.378 e. The molecule has 0 atom stereocenters. The van der Waals surface area contributed by atoms with Crippen LogP contribution in [0.2, 0.25) is 0 Å². The number of fused-ring (bicyclic) bond motifs is 1. The van der Waals surface area contributed by atoms with Gasteiger partial charge in [-0.05, 0) is 35.7 Å². The molecule has 2 aromatic carbocycles. The topological polar surface area (TPSA) is 133 Å². The monoisotopic (exact) mass is 430 g/mol. The van der Waals surface area contributed by atoms with E-state index >= 15 is 0 Å². The van der Waals surface area contributed by atoms with E-state index in [-0.39, 0.29) is 33.0 Å². The molecule has 0 unspecified atom stereocenters. The second kappa shape index (κ2) is 6.79. The SMILES string of the molecule is O=C1NC(=O)c2cc(S(=O)(=O)Oc3ccc([N+](=O)[O-])cc3-c3cccs3)ccc21. The number of nitrogens with zero attached hydrogens (tertiary/aromatic N) is 1. The smallest absolute Gasteiger partial charge is 0.339 e. The van der Waals surface area contributed by atoms with E-state index in [9.17, 15) is 28.1 Å². The number of carbonyl (C=O) groups is 2. The van der Waals surface area contributed by atoms with Crippen molar-refractivity contribution in [3.63, 3.8) is 0 Å². The summed E-state index contributed by atoms with van der Waals surface area (Å²) in [6, 6.07) is 10.4. The largest absolute Gasteiger partial charge is 0.378 e. The molecule has 2 amide bonds. The lowest BCUT2D eigenvalue weighted by molar-refractivity contribution is -0.384. The number of hydrogen-bond acceptors (Lipinski definition) is 8. The Morgan fingerprint density at radius 1 is 0.966 bits per heavy atom. The summed E-state index contributed by atoms with van der Waals surface area (Å²) in [5, 5.41) is 14.9. The van der Waals surface area contributed by atoms with Crippen LogP contribution in [0.25, 0.3) is 10.4 Å². The molecular weight excluding hydrogens is 420 g/mol. The fourth-order valence-corrected chi connectivity index (χ4v) is 4.52. The summed E-state index contributed by atoms with van der Waals surface area (Å²) in [4.78, 5) is 34.2. The normalized spacial score (nSPS) is 13.1. The van der Waals surface area contributed by atoms with E-state index in [1.54, 1.807) is 17.5 Å². The fourth-order valence-electron chi connectivity index (χ4n) is 2.80. The standard InChI is InChI=1S/C18H10N2O7S2/c21-17-12-5-4-11(9-13(12)18(22)19-17)29(25,26)27-15-6-3-10(20(23)24)8-14(15)16-2-1-7-28-16/h1-9H,(H,19,21,22). The molecule has 0 aliphatic carbocycles. The highest BCUT2D eigenvalue weighted by Gasteiger charge is 2.30. The van der Waals surface area contributed by atoms with Crippen molar-refractivity contribution in [3.05, 3.63) is 75.2 Å². The van der Waals surface area contributed by atoms with Gasteiger partial charge in [0.05, 0.1) is 16.1 Å². The Morgan fingerprint density at radius 3 is 2.41 bits per heavy atom. The third-order valence-electron chi connectivity index (χ3n) is 4.16. The van der Waals surface area contributed by atoms with Crippen LogP contribution in [-0.2, 0) is 10.1 Å². The highest BCUT2D eigenvalue weighted by atomic mass is 32.2. The summed E-state index contributed by atoms with van der Waals surface area (Å²) in [6.07, 6.45) is 0. The Labute approximate surface area is 167 Å². The number of nitro groups is 1. The average Bonchev–Trinajstić information content (AvgIpc) is 3.30. The summed E-state index contributed by atoms with van der Waals surface area (Å²) >= 11 is 1.26. The van der Waals surface area contributed by atoms with Crippen LogP contribution in [0.4, 0.5) is 5.69 Å². The first-order valence-electron chi connectivity index (χ1n) is 8.03. The maximum Gasteiger partial charge on any atom is 0.339 e. The Hall–Kier alpha value is -3.57. The van der Waals surface area contributed by atoms with Gasteiger partial charge in [0.15, 0.2) is 5.75 Å². The van der Waals surface area contributed by atoms with Crippen LogP contribution in [0, 0.1) is 10.1 Å². The zero-order valence-corrected chi connectivity index (χ0v) is 16.0. The Morgan fingerprint density at radius 2 is 1.72 bits per heavy atom. The van der Waals surface area contributed by atoms with Crippen molar-refractivity contribution >= 4 is 39.0 Å². The lowest BCUT2D eigenvalue weighted by Crippen LogP contribution is -2.19. The lowest BCUT2D eigenvalue weighted by atomic mass is 10.1. The molecule has 1 aromatic heterocycles. The van der Waals surface area contributed by atoms with Crippen molar-refractivity contribution in [2.45, 2.75) is 4.90 Å². The highest BCUT2D eigenvalue weighted by Crippen LogP contribution is 2.37. The summed E-state index contributed by atoms with van der Waals surface area (Å²) in [6.45, 7) is 0. The second-order valence-electron chi connectivity index (χ2n) is 5.94. The number of amides is 2. The summed E-state index contributed by atoms with van der Waals surface area (Å²) < 4.78 is 30.8. The molecule has 29 heavy (non-hydrogen) atoms. The van der Waals surface area contributed by atoms with Crippen LogP contribution in [0.15, 0.2) is 58.8 Å². The van der Waals surface area contributed by atoms with E-state index in [1.807, 2.05) is 0 Å². The summed E-state index contributed by atoms with van der Waals surface area (Å²) in [7, 11) is -4.38. The molecule has 1 aliphatic rings. The molecule has 2 heterocycles. The Kier molecular flexibility index (Phi) is 4.40. The van der Waals surface area contributed by atoms with Crippen LogP contribution in [0.5, 0.6) is 5.75 Å². The maximum atomic E-state index is 12.8. The van der Waals surface area contributed by atoms with Crippen LogP contribution >= 0.6 is 11.3 Å². The zero-order chi connectivity index (χ0) is 20.8. The molecule has 4 rings (SSSR count). The second-order valence-corrected chi connectivity index (χ2v) is 8.44. The Bertz CT molecular complexity index is 1280. The number of non-ortho nitro benzene ring substituents is 1. The quantitative estimate of drug-likeness (QED) is 0.285. The molecule has 0 radical (unpaired) electrons. The van der Waals surface area contributed by atoms with E-state index in [4.69, 9.17) is 4.18 Å². The maximum absolute atomic E-state index is 12.8. The molecule has 11 heteroatoms. The number of thiophene rings is 1. The lowest BCUT2D eigenvalue weighted by Gasteiger charge is -2.11. The van der Waals surface area contributed by atoms with Crippen molar-refractivity contribution in [3.8, 4) is 16.2 Å². The van der Waals surface area contributed by atoms with Gasteiger partial charge in [-0.2, -0.15) is 8.42 Å². The number of carbonyl (C=O) groups excluding carboxylic acids is 2. The third kappa shape index (κ3) is 3.37. The van der Waals surface area contributed by atoms with E-state index in [1.165, 1.54) is 29.5 Å². The van der Waals surface area contributed by atoms with Gasteiger partial charge in [-0.3, -0.25) is 25.0 Å². The van der Waals surface area contributed by atoms with Gasteiger partial charge < -0.3 is 4.18 Å². The first-order valence-corrected chi connectivity index (χ1v) is 10.3. The summed E-state index contributed by atoms with van der Waals surface area (Å²) in [5.41, 5.74) is 0.0307. The van der Waals surface area contributed by atoms with Gasteiger partial charge in [0.1, 0.15) is 4.90 Å². The number of benzene rings is 2. The first kappa shape index (κ1) is 18.8. The van der Waals surface area contributed by atoms with Gasteiger partial charge >= 0.3 is 10.1 Å². The van der Waals surface area contributed by atoms with Gasteiger partial charge in [-0.15, -0.1) is 11.3 Å². The molecule has 0 spiro atoms. The number of nitro benzene ring substituents is 1. The molecule has 1 aliphatic heterocycles. The first-order chi connectivity index (χ1) is 13.8. The van der Waals surface area contributed by atoms with Gasteiger partial charge in [0, 0.05) is 22.6 Å². The van der Waals surface area contributed by atoms with Crippen molar-refractivity contribution in [1.82, 2.24) is 5.32 Å². The highest BCUT2D eigenvalue weighted by molar-refractivity contribution is 7.87. The predicted molar refractivity (Wildman–Crippen MR) is 102 cm³/mol. The van der Waals surface area contributed by atoms with E-state index in [0.717, 1.165) is 18.2 Å². The third-order valence-corrected chi connectivity index (χ3v) is 6.29. The molecule has 1 N–H and O–H groups in total. The van der Waals surface area contributed by atoms with E-state index in [0.29, 0.717) is 4.88 Å². The number of rotatable bonds is 5. The number of nitrogens with one attached hydrogen (secondary N) is 1. The van der Waals surface area contributed by atoms with E-state index < -0.39 is 26.9 Å². The zero-order valence-electron chi connectivity index (χ0n) is 14.3. The van der Waals surface area contributed by atoms with E-state index in [2.05, 4.69) is 5.32 Å². The summed E-state index contributed by atoms with van der Waals surface area (Å²) in [5.74, 6) is -1.40. The molecule has 146 valence electrons. The fraction of sp³-hybridized carbons (Fsp3) is 0. The molecule has 0 fully saturated rings. The molecule has 0 saturated carbocycles. The van der Waals surface area contributed by atoms with Crippen molar-refractivity contribution in [2.75, 3.05) is 0 Å². The minimum atomic E-state index is -4.38. The van der Waals surface area contributed by atoms with Crippen LogP contribution < -0.4 is 9.50 Å². The van der Waals surface area contributed by atoms with Crippen LogP contribution in [-0.4, -0.2) is 25.2 Å². The van der Waals surface area contributed by atoms with Gasteiger partial charge in [-0.25, -0.2) is 0 Å². The molecule has 3 aromatic rings. The van der Waals surface area contributed by atoms with Crippen molar-refractivity contribution in [2.24, 2.45) is 0 Å². The van der Waals surface area contributed by atoms with Gasteiger partial charge in [-0.1, -0.05) is 6.07 Å². The molecule has 0 bridgehead atoms. The van der Waals surface area contributed by atoms with Crippen LogP contribution in [0.1, 0.15) is 20.7 Å². The van der Waals surface area contributed by atoms with Gasteiger partial charge in [0.25, 0.3) is 17.5 Å². The van der Waals surface area contributed by atoms with Crippen molar-refractivity contribution in [1.29, 1.82) is 0 Å². The van der Waals surface area contributed by atoms with Crippen molar-refractivity contribution < 1.29 is 27.1 Å². The molecule has 0 saturated heterocycles. The molecule has 9 nitrogen and oxygen atoms in total.